The van der Waals surface area contributed by atoms with E-state index in [0.29, 0.717) is 32.2 Å². The third-order valence-electron chi connectivity index (χ3n) is 3.76. The van der Waals surface area contributed by atoms with E-state index in [9.17, 15) is 4.79 Å². The summed E-state index contributed by atoms with van der Waals surface area (Å²) in [5.74, 6) is 0.537. The maximum atomic E-state index is 11.8. The lowest BCUT2D eigenvalue weighted by molar-refractivity contribution is 0.559. The number of hydrogen-bond acceptors (Lipinski definition) is 5. The third-order valence-corrected chi connectivity index (χ3v) is 5.29. The molecule has 0 amide bonds. The number of halogens is 2. The molecule has 0 aliphatic carbocycles. The van der Waals surface area contributed by atoms with Crippen LogP contribution in [0.4, 0.5) is 0 Å². The van der Waals surface area contributed by atoms with Crippen molar-refractivity contribution in [3.8, 4) is 0 Å². The van der Waals surface area contributed by atoms with Crippen LogP contribution < -0.4 is 5.63 Å². The van der Waals surface area contributed by atoms with Crippen molar-refractivity contribution >= 4 is 57.1 Å². The molecule has 3 aromatic heterocycles. The summed E-state index contributed by atoms with van der Waals surface area (Å²) < 4.78 is 5.28. The van der Waals surface area contributed by atoms with Gasteiger partial charge >= 0.3 is 5.63 Å². The summed E-state index contributed by atoms with van der Waals surface area (Å²) in [6, 6.07) is 6.86. The minimum Gasteiger partial charge on any atom is -0.423 e. The fourth-order valence-electron chi connectivity index (χ4n) is 2.53. The molecule has 1 N–H and O–H groups in total. The van der Waals surface area contributed by atoms with Crippen molar-refractivity contribution in [2.75, 3.05) is 0 Å². The molecule has 4 rings (SSSR count). The number of aromatic nitrogens is 3. The van der Waals surface area contributed by atoms with Crippen LogP contribution in [-0.4, -0.2) is 15.0 Å². The molecule has 0 fully saturated rings. The van der Waals surface area contributed by atoms with Gasteiger partial charge in [-0.2, -0.15) is 0 Å². The molecule has 0 bridgehead atoms. The number of H-pyrrole nitrogens is 1. The van der Waals surface area contributed by atoms with Crippen LogP contribution in [-0.2, 0) is 5.75 Å². The fourth-order valence-corrected chi connectivity index (χ4v) is 3.72. The van der Waals surface area contributed by atoms with Crippen LogP contribution in [0.2, 0.25) is 10.0 Å². The molecule has 0 atom stereocenters. The van der Waals surface area contributed by atoms with E-state index < -0.39 is 0 Å². The lowest BCUT2D eigenvalue weighted by atomic mass is 10.1. The van der Waals surface area contributed by atoms with Gasteiger partial charge in [-0.05, 0) is 36.2 Å². The highest BCUT2D eigenvalue weighted by molar-refractivity contribution is 7.98. The maximum Gasteiger partial charge on any atom is 0.336 e. The van der Waals surface area contributed by atoms with Crippen molar-refractivity contribution in [1.82, 2.24) is 15.0 Å². The average molecular weight is 392 g/mol. The first-order valence-corrected chi connectivity index (χ1v) is 9.11. The van der Waals surface area contributed by atoms with Gasteiger partial charge in [-0.25, -0.2) is 14.8 Å². The van der Waals surface area contributed by atoms with E-state index in [-0.39, 0.29) is 5.63 Å². The number of benzene rings is 1. The topological polar surface area (TPSA) is 71.8 Å². The lowest BCUT2D eigenvalue weighted by Gasteiger charge is -2.06. The lowest BCUT2D eigenvalue weighted by Crippen LogP contribution is -2.00. The van der Waals surface area contributed by atoms with E-state index in [1.54, 1.807) is 18.3 Å². The molecule has 0 spiro atoms. The van der Waals surface area contributed by atoms with E-state index in [1.807, 2.05) is 13.0 Å². The standard InChI is InChI=1S/C17H11Cl2N3O2S/c1-8-2-14-11(5-12(8)19)9(3-15(23)24-14)7-25-17-21-13-4-10(18)6-20-16(13)22-17/h2-6H,7H2,1H3,(H,20,21,22). The number of aryl methyl sites for hydroxylation is 1. The Bertz CT molecular complexity index is 1170. The van der Waals surface area contributed by atoms with Gasteiger partial charge < -0.3 is 9.40 Å². The van der Waals surface area contributed by atoms with Gasteiger partial charge in [0.25, 0.3) is 0 Å². The quantitative estimate of drug-likeness (QED) is 0.394. The fraction of sp³-hybridized carbons (Fsp3) is 0.118. The number of aromatic amines is 1. The Kier molecular flexibility index (Phi) is 4.19. The molecule has 4 aromatic rings. The van der Waals surface area contributed by atoms with E-state index in [2.05, 4.69) is 15.0 Å². The molecule has 0 saturated carbocycles. The van der Waals surface area contributed by atoms with Crippen LogP contribution in [0.5, 0.6) is 0 Å². The number of fused-ring (bicyclic) bond motifs is 2. The van der Waals surface area contributed by atoms with Crippen LogP contribution in [0, 0.1) is 6.92 Å². The van der Waals surface area contributed by atoms with Crippen LogP contribution in [0.15, 0.2) is 44.8 Å². The van der Waals surface area contributed by atoms with E-state index >= 15 is 0 Å². The first kappa shape index (κ1) is 16.4. The second kappa shape index (κ2) is 6.37. The Balaban J connectivity index is 1.69. The van der Waals surface area contributed by atoms with Gasteiger partial charge in [0, 0.05) is 28.4 Å². The zero-order chi connectivity index (χ0) is 17.6. The highest BCUT2D eigenvalue weighted by Gasteiger charge is 2.11. The molecule has 3 heterocycles. The number of rotatable bonds is 3. The van der Waals surface area contributed by atoms with Crippen molar-refractivity contribution in [2.24, 2.45) is 0 Å². The average Bonchev–Trinajstić information content (AvgIpc) is 2.96. The van der Waals surface area contributed by atoms with Crippen LogP contribution in [0.1, 0.15) is 11.1 Å². The largest absolute Gasteiger partial charge is 0.423 e. The Labute approximate surface area is 156 Å². The minimum absolute atomic E-state index is 0.386. The minimum atomic E-state index is -0.386. The zero-order valence-electron chi connectivity index (χ0n) is 13.0. The van der Waals surface area contributed by atoms with Gasteiger partial charge in [0.15, 0.2) is 10.8 Å². The highest BCUT2D eigenvalue weighted by atomic mass is 35.5. The Hall–Kier alpha value is -2.02. The van der Waals surface area contributed by atoms with Gasteiger partial charge in [0.2, 0.25) is 0 Å². The molecule has 25 heavy (non-hydrogen) atoms. The first-order valence-electron chi connectivity index (χ1n) is 7.36. The number of nitrogens with zero attached hydrogens (tertiary/aromatic N) is 2. The van der Waals surface area contributed by atoms with Gasteiger partial charge in [-0.1, -0.05) is 35.0 Å². The Morgan fingerprint density at radius 3 is 2.92 bits per heavy atom. The summed E-state index contributed by atoms with van der Waals surface area (Å²) in [6.45, 7) is 1.87. The zero-order valence-corrected chi connectivity index (χ0v) is 15.3. The summed E-state index contributed by atoms with van der Waals surface area (Å²) in [5, 5.41) is 2.70. The summed E-state index contributed by atoms with van der Waals surface area (Å²) >= 11 is 13.6. The molecule has 5 nitrogen and oxygen atoms in total. The van der Waals surface area contributed by atoms with Crippen molar-refractivity contribution in [1.29, 1.82) is 0 Å². The predicted octanol–water partition coefficient (Wildman–Crippen LogP) is 4.97. The molecule has 126 valence electrons. The van der Waals surface area contributed by atoms with Crippen LogP contribution in [0.25, 0.3) is 22.1 Å². The number of hydrogen-bond donors (Lipinski definition) is 1. The summed E-state index contributed by atoms with van der Waals surface area (Å²) in [4.78, 5) is 23.6. The number of imidazole rings is 1. The normalized spacial score (nSPS) is 11.5. The van der Waals surface area contributed by atoms with Crippen molar-refractivity contribution in [2.45, 2.75) is 17.8 Å². The van der Waals surface area contributed by atoms with E-state index in [4.69, 9.17) is 27.6 Å². The maximum absolute atomic E-state index is 11.8. The molecule has 0 aliphatic heterocycles. The van der Waals surface area contributed by atoms with Crippen molar-refractivity contribution in [3.63, 3.8) is 0 Å². The van der Waals surface area contributed by atoms with Gasteiger partial charge in [-0.15, -0.1) is 0 Å². The first-order chi connectivity index (χ1) is 12.0. The van der Waals surface area contributed by atoms with E-state index in [1.165, 1.54) is 17.8 Å². The second-order valence-electron chi connectivity index (χ2n) is 5.54. The van der Waals surface area contributed by atoms with Crippen molar-refractivity contribution in [3.05, 3.63) is 62.1 Å². The number of nitrogens with one attached hydrogen (secondary N) is 1. The summed E-state index contributed by atoms with van der Waals surface area (Å²) in [5.41, 5.74) is 3.21. The molecule has 0 unspecified atom stereocenters. The number of pyridine rings is 1. The Morgan fingerprint density at radius 1 is 1.24 bits per heavy atom. The monoisotopic (exact) mass is 391 g/mol. The SMILES string of the molecule is Cc1cc2oc(=O)cc(CSc3nc4ncc(Cl)cc4[nH]3)c2cc1Cl. The molecule has 0 saturated heterocycles. The molecular formula is C17H11Cl2N3O2S. The molecule has 1 aromatic carbocycles. The van der Waals surface area contributed by atoms with Crippen LogP contribution in [0.3, 0.4) is 0 Å². The number of thioether (sulfide) groups is 1. The van der Waals surface area contributed by atoms with Gasteiger partial charge in [-0.3, -0.25) is 0 Å². The third kappa shape index (κ3) is 3.25. The highest BCUT2D eigenvalue weighted by Crippen LogP contribution is 2.29. The molecule has 0 aliphatic rings. The molecule has 0 radical (unpaired) electrons. The molecular weight excluding hydrogens is 381 g/mol. The van der Waals surface area contributed by atoms with Crippen molar-refractivity contribution < 1.29 is 4.42 Å². The summed E-state index contributed by atoms with van der Waals surface area (Å²) in [6.07, 6.45) is 1.55. The predicted molar refractivity (Wildman–Crippen MR) is 101 cm³/mol. The Morgan fingerprint density at radius 2 is 2.08 bits per heavy atom. The van der Waals surface area contributed by atoms with Crippen LogP contribution >= 0.6 is 35.0 Å². The summed E-state index contributed by atoms with van der Waals surface area (Å²) in [7, 11) is 0. The van der Waals surface area contributed by atoms with E-state index in [0.717, 1.165) is 22.0 Å². The van der Waals surface area contributed by atoms with Gasteiger partial charge in [0.05, 0.1) is 10.5 Å². The van der Waals surface area contributed by atoms with Gasteiger partial charge in [0.1, 0.15) is 5.58 Å². The smallest absolute Gasteiger partial charge is 0.336 e. The molecule has 8 heteroatoms. The second-order valence-corrected chi connectivity index (χ2v) is 7.35.